The predicted octanol–water partition coefficient (Wildman–Crippen LogP) is 3.23. The van der Waals surface area contributed by atoms with E-state index in [1.807, 2.05) is 42.5 Å². The molecule has 2 heterocycles. The van der Waals surface area contributed by atoms with Crippen LogP contribution in [0.25, 0.3) is 16.6 Å². The number of amides is 1. The number of hydrogen-bond donors (Lipinski definition) is 1. The first-order valence-electron chi connectivity index (χ1n) is 9.31. The van der Waals surface area contributed by atoms with E-state index >= 15 is 0 Å². The van der Waals surface area contributed by atoms with Crippen LogP contribution in [0.2, 0.25) is 0 Å². The van der Waals surface area contributed by atoms with Crippen LogP contribution >= 0.6 is 11.8 Å². The van der Waals surface area contributed by atoms with E-state index in [1.165, 1.54) is 25.1 Å². The van der Waals surface area contributed by atoms with Crippen molar-refractivity contribution in [1.82, 2.24) is 15.0 Å². The summed E-state index contributed by atoms with van der Waals surface area (Å²) in [5.41, 5.74) is 3.49. The molecule has 0 aliphatic carbocycles. The second-order valence-corrected chi connectivity index (χ2v) is 7.34. The lowest BCUT2D eigenvalue weighted by molar-refractivity contribution is -0.124. The molecule has 1 amide bonds. The van der Waals surface area contributed by atoms with Crippen molar-refractivity contribution < 1.29 is 13.9 Å². The van der Waals surface area contributed by atoms with Gasteiger partial charge < -0.3 is 9.15 Å². The second-order valence-electron chi connectivity index (χ2n) is 6.37. The zero-order valence-electron chi connectivity index (χ0n) is 16.5. The molecule has 0 bridgehead atoms. The van der Waals surface area contributed by atoms with E-state index in [9.17, 15) is 9.59 Å². The number of furan rings is 1. The normalized spacial score (nSPS) is 11.3. The van der Waals surface area contributed by atoms with E-state index in [0.717, 1.165) is 0 Å². The number of nitrogens with one attached hydrogen (secondary N) is 1. The molecule has 8 nitrogen and oxygen atoms in total. The standard InChI is InChI=1S/C22H18N4O4S/c1-29-14-19(27)25-23-13-16-11-12-20(30-16)31-22-24-18-10-6-5-9-17(18)21(28)26(22)15-7-3-2-4-8-15/h2-13H,14H2,1H3,(H,25,27)/b23-13+. The van der Waals surface area contributed by atoms with Crippen LogP contribution in [0.3, 0.4) is 0 Å². The molecule has 4 rings (SSSR count). The number of nitrogens with zero attached hydrogens (tertiary/aromatic N) is 3. The number of hydrogen-bond acceptors (Lipinski definition) is 7. The first-order chi connectivity index (χ1) is 15.2. The number of hydrazone groups is 1. The number of aromatic nitrogens is 2. The summed E-state index contributed by atoms with van der Waals surface area (Å²) in [5.74, 6) is 0.0711. The number of ether oxygens (including phenoxy) is 1. The van der Waals surface area contributed by atoms with Gasteiger partial charge in [0.2, 0.25) is 0 Å². The largest absolute Gasteiger partial charge is 0.448 e. The number of benzene rings is 2. The fourth-order valence-electron chi connectivity index (χ4n) is 2.87. The van der Waals surface area contributed by atoms with Gasteiger partial charge in [0, 0.05) is 7.11 Å². The first kappa shape index (κ1) is 20.6. The molecule has 31 heavy (non-hydrogen) atoms. The quantitative estimate of drug-likeness (QED) is 0.272. The summed E-state index contributed by atoms with van der Waals surface area (Å²) in [6, 6.07) is 20.0. The molecule has 0 saturated heterocycles. The van der Waals surface area contributed by atoms with Crippen LogP contribution in [0.5, 0.6) is 0 Å². The van der Waals surface area contributed by atoms with Gasteiger partial charge in [0.05, 0.1) is 22.8 Å². The van der Waals surface area contributed by atoms with Crippen molar-refractivity contribution in [3.63, 3.8) is 0 Å². The molecule has 0 unspecified atom stereocenters. The number of rotatable bonds is 7. The van der Waals surface area contributed by atoms with E-state index < -0.39 is 0 Å². The Morgan fingerprint density at radius 3 is 2.74 bits per heavy atom. The molecular weight excluding hydrogens is 416 g/mol. The van der Waals surface area contributed by atoms with E-state index in [2.05, 4.69) is 15.5 Å². The highest BCUT2D eigenvalue weighted by Gasteiger charge is 2.15. The van der Waals surface area contributed by atoms with Crippen molar-refractivity contribution in [2.24, 2.45) is 5.10 Å². The number of methoxy groups -OCH3 is 1. The number of carbonyl (C=O) groups excluding carboxylic acids is 1. The van der Waals surface area contributed by atoms with Gasteiger partial charge in [-0.1, -0.05) is 30.3 Å². The van der Waals surface area contributed by atoms with Gasteiger partial charge in [0.15, 0.2) is 10.2 Å². The molecule has 0 saturated carbocycles. The van der Waals surface area contributed by atoms with Crippen molar-refractivity contribution in [1.29, 1.82) is 0 Å². The third-order valence-corrected chi connectivity index (χ3v) is 5.09. The smallest absolute Gasteiger partial charge is 0.266 e. The van der Waals surface area contributed by atoms with Gasteiger partial charge in [-0.25, -0.2) is 10.4 Å². The first-order valence-corrected chi connectivity index (χ1v) is 10.1. The Bertz CT molecular complexity index is 1300. The molecule has 4 aromatic rings. The summed E-state index contributed by atoms with van der Waals surface area (Å²) in [4.78, 5) is 29.3. The molecule has 0 atom stereocenters. The van der Waals surface area contributed by atoms with Crippen molar-refractivity contribution in [3.05, 3.63) is 82.8 Å². The van der Waals surface area contributed by atoms with Gasteiger partial charge in [-0.3, -0.25) is 14.2 Å². The van der Waals surface area contributed by atoms with Crippen LogP contribution in [0.1, 0.15) is 5.76 Å². The zero-order valence-corrected chi connectivity index (χ0v) is 17.3. The predicted molar refractivity (Wildman–Crippen MR) is 118 cm³/mol. The summed E-state index contributed by atoms with van der Waals surface area (Å²) in [5, 5.41) is 5.36. The average Bonchev–Trinajstić information content (AvgIpc) is 3.22. The van der Waals surface area contributed by atoms with Gasteiger partial charge in [-0.2, -0.15) is 5.10 Å². The van der Waals surface area contributed by atoms with Gasteiger partial charge in [-0.15, -0.1) is 0 Å². The van der Waals surface area contributed by atoms with Crippen LogP contribution in [-0.4, -0.2) is 35.4 Å². The Hall–Kier alpha value is -3.69. The molecule has 0 radical (unpaired) electrons. The van der Waals surface area contributed by atoms with E-state index in [0.29, 0.717) is 32.6 Å². The van der Waals surface area contributed by atoms with Gasteiger partial charge in [0.25, 0.3) is 11.5 Å². The fraction of sp³-hybridized carbons (Fsp3) is 0.0909. The maximum atomic E-state index is 13.2. The molecule has 2 aromatic carbocycles. The SMILES string of the molecule is COCC(=O)N/N=C/c1ccc(Sc2nc3ccccc3c(=O)n2-c2ccccc2)o1. The number of para-hydroxylation sites is 2. The number of fused-ring (bicyclic) bond motifs is 1. The minimum atomic E-state index is -0.368. The Morgan fingerprint density at radius 1 is 1.16 bits per heavy atom. The molecular formula is C22H18N4O4S. The Labute approximate surface area is 181 Å². The Kier molecular flexibility index (Phi) is 6.25. The van der Waals surface area contributed by atoms with Gasteiger partial charge >= 0.3 is 0 Å². The van der Waals surface area contributed by atoms with Crippen molar-refractivity contribution in [2.75, 3.05) is 13.7 Å². The fourth-order valence-corrected chi connectivity index (χ4v) is 3.74. The number of carbonyl (C=O) groups is 1. The zero-order chi connectivity index (χ0) is 21.6. The second kappa shape index (κ2) is 9.41. The van der Waals surface area contributed by atoms with Crippen LogP contribution in [0.4, 0.5) is 0 Å². The molecule has 156 valence electrons. The minimum Gasteiger partial charge on any atom is -0.448 e. The lowest BCUT2D eigenvalue weighted by Gasteiger charge is -2.12. The molecule has 9 heteroatoms. The summed E-state index contributed by atoms with van der Waals surface area (Å²) < 4.78 is 12.0. The summed E-state index contributed by atoms with van der Waals surface area (Å²) in [6.45, 7) is -0.0821. The Balaban J connectivity index is 1.66. The molecule has 0 spiro atoms. The highest BCUT2D eigenvalue weighted by Crippen LogP contribution is 2.29. The molecule has 0 aliphatic heterocycles. The Morgan fingerprint density at radius 2 is 1.94 bits per heavy atom. The average molecular weight is 434 g/mol. The maximum absolute atomic E-state index is 13.2. The highest BCUT2D eigenvalue weighted by molar-refractivity contribution is 7.99. The van der Waals surface area contributed by atoms with Crippen LogP contribution in [-0.2, 0) is 9.53 Å². The van der Waals surface area contributed by atoms with Crippen LogP contribution in [0.15, 0.2) is 91.3 Å². The highest BCUT2D eigenvalue weighted by atomic mass is 32.2. The van der Waals surface area contributed by atoms with Crippen LogP contribution in [0, 0.1) is 0 Å². The van der Waals surface area contributed by atoms with Crippen molar-refractivity contribution in [3.8, 4) is 5.69 Å². The van der Waals surface area contributed by atoms with E-state index in [4.69, 9.17) is 9.15 Å². The summed E-state index contributed by atoms with van der Waals surface area (Å²) in [7, 11) is 1.43. The third-order valence-electron chi connectivity index (χ3n) is 4.21. The lowest BCUT2D eigenvalue weighted by atomic mass is 10.2. The lowest BCUT2D eigenvalue weighted by Crippen LogP contribution is -2.22. The van der Waals surface area contributed by atoms with E-state index in [-0.39, 0.29) is 18.1 Å². The third kappa shape index (κ3) is 4.73. The summed E-state index contributed by atoms with van der Waals surface area (Å²) in [6.07, 6.45) is 1.38. The minimum absolute atomic E-state index is 0.0821. The van der Waals surface area contributed by atoms with Crippen LogP contribution < -0.4 is 11.0 Å². The molecule has 1 N–H and O–H groups in total. The van der Waals surface area contributed by atoms with Gasteiger partial charge in [0.1, 0.15) is 12.4 Å². The summed E-state index contributed by atoms with van der Waals surface area (Å²) >= 11 is 1.22. The monoisotopic (exact) mass is 434 g/mol. The topological polar surface area (TPSA) is 98.7 Å². The molecule has 0 fully saturated rings. The van der Waals surface area contributed by atoms with Crippen molar-refractivity contribution >= 4 is 34.8 Å². The molecule has 0 aliphatic rings. The van der Waals surface area contributed by atoms with E-state index in [1.54, 1.807) is 28.8 Å². The molecule has 2 aromatic heterocycles. The van der Waals surface area contributed by atoms with Crippen molar-refractivity contribution in [2.45, 2.75) is 10.2 Å². The maximum Gasteiger partial charge on any atom is 0.266 e. The van der Waals surface area contributed by atoms with Gasteiger partial charge in [-0.05, 0) is 48.2 Å².